The van der Waals surface area contributed by atoms with E-state index in [0.29, 0.717) is 5.75 Å². The van der Waals surface area contributed by atoms with Gasteiger partial charge in [0.05, 0.1) is 22.8 Å². The summed E-state index contributed by atoms with van der Waals surface area (Å²) in [5.41, 5.74) is 0.832. The summed E-state index contributed by atoms with van der Waals surface area (Å²) < 4.78 is 49.3. The second kappa shape index (κ2) is 7.87. The van der Waals surface area contributed by atoms with Crippen molar-refractivity contribution in [1.82, 2.24) is 4.72 Å². The van der Waals surface area contributed by atoms with Gasteiger partial charge in [-0.1, -0.05) is 6.07 Å². The van der Waals surface area contributed by atoms with Crippen molar-refractivity contribution in [2.24, 2.45) is 0 Å². The average molecular weight is 335 g/mol. The molecule has 22 heavy (non-hydrogen) atoms. The molecule has 0 spiro atoms. The highest BCUT2D eigenvalue weighted by molar-refractivity contribution is 7.84. The zero-order valence-corrected chi connectivity index (χ0v) is 14.3. The molecule has 4 nitrogen and oxygen atoms in total. The molecule has 7 heteroatoms. The van der Waals surface area contributed by atoms with Gasteiger partial charge in [0.1, 0.15) is 6.61 Å². The third kappa shape index (κ3) is 5.53. The molecule has 0 amide bonds. The largest absolute Gasteiger partial charge is 0.493 e. The Labute approximate surface area is 132 Å². The SMILES string of the molecule is COc1cc(C(C)N[S@](=O)C(C)(C)C)ccc1OCC(F)F. The fraction of sp³-hybridized carbons (Fsp3) is 0.600. The van der Waals surface area contributed by atoms with E-state index in [0.717, 1.165) is 5.56 Å². The Morgan fingerprint density at radius 1 is 1.27 bits per heavy atom. The lowest BCUT2D eigenvalue weighted by molar-refractivity contribution is 0.0804. The maximum absolute atomic E-state index is 12.2. The molecule has 0 heterocycles. The molecule has 0 aliphatic carbocycles. The molecule has 0 aromatic heterocycles. The first-order chi connectivity index (χ1) is 10.1. The number of ether oxygens (including phenoxy) is 2. The summed E-state index contributed by atoms with van der Waals surface area (Å²) in [7, 11) is 0.232. The zero-order valence-electron chi connectivity index (χ0n) is 13.5. The molecule has 2 atom stereocenters. The van der Waals surface area contributed by atoms with Gasteiger partial charge in [-0.15, -0.1) is 0 Å². The minimum Gasteiger partial charge on any atom is -0.493 e. The summed E-state index contributed by atoms with van der Waals surface area (Å²) >= 11 is 0. The van der Waals surface area contributed by atoms with Crippen LogP contribution in [0.2, 0.25) is 0 Å². The van der Waals surface area contributed by atoms with E-state index < -0.39 is 24.0 Å². The highest BCUT2D eigenvalue weighted by Crippen LogP contribution is 2.31. The van der Waals surface area contributed by atoms with Crippen molar-refractivity contribution in [3.8, 4) is 11.5 Å². The van der Waals surface area contributed by atoms with Gasteiger partial charge in [0, 0.05) is 6.04 Å². The smallest absolute Gasteiger partial charge is 0.272 e. The van der Waals surface area contributed by atoms with Crippen molar-refractivity contribution in [1.29, 1.82) is 0 Å². The van der Waals surface area contributed by atoms with E-state index in [1.807, 2.05) is 27.7 Å². The van der Waals surface area contributed by atoms with E-state index in [2.05, 4.69) is 4.72 Å². The first-order valence-corrected chi connectivity index (χ1v) is 8.07. The molecule has 1 aromatic carbocycles. The Morgan fingerprint density at radius 3 is 2.41 bits per heavy atom. The molecule has 1 rings (SSSR count). The van der Waals surface area contributed by atoms with Gasteiger partial charge in [-0.2, -0.15) is 0 Å². The van der Waals surface area contributed by atoms with Gasteiger partial charge in [-0.05, 0) is 45.4 Å². The van der Waals surface area contributed by atoms with E-state index in [4.69, 9.17) is 9.47 Å². The lowest BCUT2D eigenvalue weighted by atomic mass is 10.1. The van der Waals surface area contributed by atoms with Crippen molar-refractivity contribution < 1.29 is 22.5 Å². The molecule has 126 valence electrons. The predicted molar refractivity (Wildman–Crippen MR) is 83.9 cm³/mol. The van der Waals surface area contributed by atoms with Crippen molar-refractivity contribution in [3.05, 3.63) is 23.8 Å². The molecular weight excluding hydrogens is 312 g/mol. The fourth-order valence-electron chi connectivity index (χ4n) is 1.63. The third-order valence-corrected chi connectivity index (χ3v) is 4.57. The minimum absolute atomic E-state index is 0.182. The van der Waals surface area contributed by atoms with Crippen LogP contribution in [0.5, 0.6) is 11.5 Å². The molecule has 0 saturated heterocycles. The molecule has 1 N–H and O–H groups in total. The van der Waals surface area contributed by atoms with Crippen molar-refractivity contribution in [3.63, 3.8) is 0 Å². The maximum Gasteiger partial charge on any atom is 0.272 e. The summed E-state index contributed by atoms with van der Waals surface area (Å²) in [6.45, 7) is 6.83. The highest BCUT2D eigenvalue weighted by atomic mass is 32.2. The number of methoxy groups -OCH3 is 1. The van der Waals surface area contributed by atoms with E-state index >= 15 is 0 Å². The van der Waals surface area contributed by atoms with Crippen molar-refractivity contribution >= 4 is 11.0 Å². The summed E-state index contributed by atoms with van der Waals surface area (Å²) in [4.78, 5) is 0. The summed E-state index contributed by atoms with van der Waals surface area (Å²) in [6.07, 6.45) is -2.54. The summed E-state index contributed by atoms with van der Waals surface area (Å²) in [5.74, 6) is 0.629. The maximum atomic E-state index is 12.2. The van der Waals surface area contributed by atoms with Crippen LogP contribution in [0.15, 0.2) is 18.2 Å². The van der Waals surface area contributed by atoms with E-state index in [1.165, 1.54) is 7.11 Å². The monoisotopic (exact) mass is 335 g/mol. The standard InChI is InChI=1S/C15H23F2NO3S/c1-10(18-22(19)15(2,3)4)11-6-7-12(13(8-11)20-5)21-9-14(16)17/h6-8,10,14,18H,9H2,1-5H3/t10?,22-/m1/s1. The van der Waals surface area contributed by atoms with Gasteiger partial charge in [0.15, 0.2) is 11.5 Å². The summed E-state index contributed by atoms with van der Waals surface area (Å²) in [6, 6.07) is 4.83. The van der Waals surface area contributed by atoms with Crippen LogP contribution in [0.1, 0.15) is 39.3 Å². The van der Waals surface area contributed by atoms with Gasteiger partial charge in [-0.3, -0.25) is 0 Å². The van der Waals surface area contributed by atoms with Crippen LogP contribution in [-0.2, 0) is 11.0 Å². The molecule has 1 aromatic rings. The second-order valence-corrected chi connectivity index (χ2v) is 7.83. The molecule has 1 unspecified atom stereocenters. The van der Waals surface area contributed by atoms with Gasteiger partial charge in [-0.25, -0.2) is 17.7 Å². The number of nitrogens with one attached hydrogen (secondary N) is 1. The van der Waals surface area contributed by atoms with Gasteiger partial charge in [0.25, 0.3) is 6.43 Å². The van der Waals surface area contributed by atoms with Gasteiger partial charge < -0.3 is 9.47 Å². The predicted octanol–water partition coefficient (Wildman–Crippen LogP) is 3.45. The minimum atomic E-state index is -2.54. The zero-order chi connectivity index (χ0) is 16.9. The number of halogens is 2. The van der Waals surface area contributed by atoms with Crippen LogP contribution in [0.25, 0.3) is 0 Å². The van der Waals surface area contributed by atoms with Crippen molar-refractivity contribution in [2.75, 3.05) is 13.7 Å². The molecule has 0 fully saturated rings. The molecular formula is C15H23F2NO3S. The Morgan fingerprint density at radius 2 is 1.91 bits per heavy atom. The average Bonchev–Trinajstić information content (AvgIpc) is 2.43. The van der Waals surface area contributed by atoms with Gasteiger partial charge >= 0.3 is 0 Å². The van der Waals surface area contributed by atoms with E-state index in [9.17, 15) is 13.0 Å². The number of hydrogen-bond donors (Lipinski definition) is 1. The first kappa shape index (κ1) is 18.8. The number of rotatable bonds is 7. The van der Waals surface area contributed by atoms with Crippen LogP contribution >= 0.6 is 0 Å². The Balaban J connectivity index is 2.86. The van der Waals surface area contributed by atoms with Crippen LogP contribution in [0, 0.1) is 0 Å². The molecule has 0 aliphatic heterocycles. The van der Waals surface area contributed by atoms with E-state index in [-0.39, 0.29) is 16.5 Å². The Bertz CT molecular complexity index is 518. The molecule has 0 radical (unpaired) electrons. The second-order valence-electron chi connectivity index (χ2n) is 5.83. The Hall–Kier alpha value is -1.21. The number of alkyl halides is 2. The normalized spacial score (nSPS) is 14.7. The molecule has 0 aliphatic rings. The Kier molecular flexibility index (Phi) is 6.74. The van der Waals surface area contributed by atoms with Crippen molar-refractivity contribution in [2.45, 2.75) is 44.9 Å². The quantitative estimate of drug-likeness (QED) is 0.830. The lowest BCUT2D eigenvalue weighted by Gasteiger charge is -2.22. The summed E-state index contributed by atoms with van der Waals surface area (Å²) in [5, 5.41) is 0. The van der Waals surface area contributed by atoms with Crippen LogP contribution in [0.3, 0.4) is 0 Å². The molecule has 0 bridgehead atoms. The number of benzene rings is 1. The fourth-order valence-corrected chi connectivity index (χ4v) is 2.44. The van der Waals surface area contributed by atoms with E-state index in [1.54, 1.807) is 18.2 Å². The van der Waals surface area contributed by atoms with Crippen LogP contribution in [0.4, 0.5) is 8.78 Å². The number of hydrogen-bond acceptors (Lipinski definition) is 3. The lowest BCUT2D eigenvalue weighted by Crippen LogP contribution is -2.34. The van der Waals surface area contributed by atoms with Gasteiger partial charge in [0.2, 0.25) is 0 Å². The molecule has 0 saturated carbocycles. The highest BCUT2D eigenvalue weighted by Gasteiger charge is 2.22. The third-order valence-electron chi connectivity index (χ3n) is 2.89. The first-order valence-electron chi connectivity index (χ1n) is 6.92. The van der Waals surface area contributed by atoms with Crippen LogP contribution < -0.4 is 14.2 Å². The van der Waals surface area contributed by atoms with Crippen LogP contribution in [-0.4, -0.2) is 29.1 Å². The topological polar surface area (TPSA) is 47.6 Å².